The molecule has 0 bridgehead atoms. The molecule has 1 N–H and O–H groups in total. The first-order valence-corrected chi connectivity index (χ1v) is 8.58. The Morgan fingerprint density at radius 1 is 1.30 bits per heavy atom. The topological polar surface area (TPSA) is 24.9 Å². The van der Waals surface area contributed by atoms with Crippen LogP contribution in [0.3, 0.4) is 0 Å². The fraction of sp³-hybridized carbons (Fsp3) is 0.588. The molecule has 1 aliphatic carbocycles. The van der Waals surface area contributed by atoms with E-state index in [1.807, 2.05) is 12.4 Å². The third-order valence-corrected chi connectivity index (χ3v) is 4.25. The highest BCUT2D eigenvalue weighted by molar-refractivity contribution is 9.10. The largest absolute Gasteiger partial charge is 0.313 e. The molecule has 3 heteroatoms. The monoisotopic (exact) mass is 336 g/mol. The van der Waals surface area contributed by atoms with Crippen molar-refractivity contribution in [1.82, 2.24) is 10.3 Å². The summed E-state index contributed by atoms with van der Waals surface area (Å²) in [5.74, 6) is 0. The second kappa shape index (κ2) is 8.58. The summed E-state index contributed by atoms with van der Waals surface area (Å²) < 4.78 is 1.07. The Morgan fingerprint density at radius 2 is 2.20 bits per heavy atom. The zero-order chi connectivity index (χ0) is 14.2. The number of nitrogens with zero attached hydrogens (tertiary/aromatic N) is 1. The van der Waals surface area contributed by atoms with Gasteiger partial charge in [0.05, 0.1) is 0 Å². The van der Waals surface area contributed by atoms with Crippen molar-refractivity contribution >= 4 is 15.9 Å². The van der Waals surface area contributed by atoms with Crippen LogP contribution in [0.1, 0.15) is 51.0 Å². The van der Waals surface area contributed by atoms with Crippen LogP contribution in [0.25, 0.3) is 0 Å². The average molecular weight is 337 g/mol. The maximum Gasteiger partial charge on any atom is 0.0410 e. The standard InChI is InChI=1S/C17H25BrN2/c1-2-8-20-17(10-14-6-4-3-5-7-14)11-15-9-16(18)13-19-12-15/h6,9,12-13,17,20H,2-5,7-8,10-11H2,1H3. The molecule has 0 aliphatic heterocycles. The second-order valence-corrected chi connectivity index (χ2v) is 6.59. The zero-order valence-corrected chi connectivity index (χ0v) is 14.0. The molecule has 1 aliphatic rings. The molecule has 0 aromatic carbocycles. The predicted octanol–water partition coefficient (Wildman–Crippen LogP) is 4.65. The Balaban J connectivity index is 1.97. The SMILES string of the molecule is CCCNC(CC1=CCCCC1)Cc1cncc(Br)c1. The molecule has 1 aromatic heterocycles. The highest BCUT2D eigenvalue weighted by Crippen LogP contribution is 2.23. The summed E-state index contributed by atoms with van der Waals surface area (Å²) in [5, 5.41) is 3.70. The summed E-state index contributed by atoms with van der Waals surface area (Å²) in [6.45, 7) is 3.32. The van der Waals surface area contributed by atoms with Crippen molar-refractivity contribution in [3.63, 3.8) is 0 Å². The van der Waals surface area contributed by atoms with Gasteiger partial charge in [-0.3, -0.25) is 4.98 Å². The molecule has 1 atom stereocenters. The number of hydrogen-bond acceptors (Lipinski definition) is 2. The molecule has 0 saturated heterocycles. The Hall–Kier alpha value is -0.670. The summed E-state index contributed by atoms with van der Waals surface area (Å²) >= 11 is 3.51. The van der Waals surface area contributed by atoms with Crippen LogP contribution in [-0.4, -0.2) is 17.6 Å². The Bertz CT molecular complexity index is 442. The van der Waals surface area contributed by atoms with E-state index in [1.54, 1.807) is 5.57 Å². The number of pyridine rings is 1. The molecule has 0 spiro atoms. The molecule has 1 unspecified atom stereocenters. The molecular weight excluding hydrogens is 312 g/mol. The van der Waals surface area contributed by atoms with E-state index in [2.05, 4.69) is 45.3 Å². The van der Waals surface area contributed by atoms with Gasteiger partial charge >= 0.3 is 0 Å². The highest BCUT2D eigenvalue weighted by atomic mass is 79.9. The van der Waals surface area contributed by atoms with Gasteiger partial charge in [-0.1, -0.05) is 18.6 Å². The fourth-order valence-electron chi connectivity index (χ4n) is 2.82. The van der Waals surface area contributed by atoms with Crippen molar-refractivity contribution in [1.29, 1.82) is 0 Å². The smallest absolute Gasteiger partial charge is 0.0410 e. The number of aromatic nitrogens is 1. The minimum Gasteiger partial charge on any atom is -0.313 e. The van der Waals surface area contributed by atoms with E-state index in [-0.39, 0.29) is 0 Å². The quantitative estimate of drug-likeness (QED) is 0.733. The lowest BCUT2D eigenvalue weighted by Gasteiger charge is -2.22. The van der Waals surface area contributed by atoms with Crippen LogP contribution in [0, 0.1) is 0 Å². The maximum absolute atomic E-state index is 4.28. The van der Waals surface area contributed by atoms with Crippen molar-refractivity contribution < 1.29 is 0 Å². The fourth-order valence-corrected chi connectivity index (χ4v) is 3.24. The molecule has 0 saturated carbocycles. The molecule has 2 nitrogen and oxygen atoms in total. The van der Waals surface area contributed by atoms with Crippen molar-refractivity contribution in [2.45, 2.75) is 57.9 Å². The maximum atomic E-state index is 4.28. The highest BCUT2D eigenvalue weighted by Gasteiger charge is 2.13. The summed E-state index contributed by atoms with van der Waals surface area (Å²) in [7, 11) is 0. The van der Waals surface area contributed by atoms with E-state index in [9.17, 15) is 0 Å². The van der Waals surface area contributed by atoms with Crippen LogP contribution in [0.4, 0.5) is 0 Å². The van der Waals surface area contributed by atoms with Gasteiger partial charge in [0.15, 0.2) is 0 Å². The van der Waals surface area contributed by atoms with E-state index < -0.39 is 0 Å². The summed E-state index contributed by atoms with van der Waals surface area (Å²) in [4.78, 5) is 4.28. The molecule has 1 aromatic rings. The first-order chi connectivity index (χ1) is 9.78. The Labute approximate surface area is 131 Å². The molecule has 110 valence electrons. The van der Waals surface area contributed by atoms with Crippen molar-refractivity contribution in [2.75, 3.05) is 6.54 Å². The second-order valence-electron chi connectivity index (χ2n) is 5.68. The van der Waals surface area contributed by atoms with E-state index in [0.29, 0.717) is 6.04 Å². The van der Waals surface area contributed by atoms with Gasteiger partial charge in [0.1, 0.15) is 0 Å². The number of hydrogen-bond donors (Lipinski definition) is 1. The lowest BCUT2D eigenvalue weighted by atomic mass is 9.92. The number of nitrogens with one attached hydrogen (secondary N) is 1. The number of allylic oxidation sites excluding steroid dienone is 1. The van der Waals surface area contributed by atoms with Crippen LogP contribution in [0.5, 0.6) is 0 Å². The van der Waals surface area contributed by atoms with Crippen molar-refractivity contribution in [3.8, 4) is 0 Å². The van der Waals surface area contributed by atoms with Gasteiger partial charge in [0.2, 0.25) is 0 Å². The number of rotatable bonds is 7. The molecular formula is C17H25BrN2. The van der Waals surface area contributed by atoms with Gasteiger partial charge < -0.3 is 5.32 Å². The Morgan fingerprint density at radius 3 is 2.90 bits per heavy atom. The van der Waals surface area contributed by atoms with Gasteiger partial charge in [-0.25, -0.2) is 0 Å². The summed E-state index contributed by atoms with van der Waals surface area (Å²) in [5.41, 5.74) is 2.96. The number of halogens is 1. The van der Waals surface area contributed by atoms with Gasteiger partial charge in [-0.05, 0) is 79.1 Å². The summed E-state index contributed by atoms with van der Waals surface area (Å²) in [6.07, 6.45) is 15.0. The zero-order valence-electron chi connectivity index (χ0n) is 12.4. The van der Waals surface area contributed by atoms with Crippen LogP contribution in [0.15, 0.2) is 34.6 Å². The third-order valence-electron chi connectivity index (χ3n) is 3.82. The lowest BCUT2D eigenvalue weighted by Crippen LogP contribution is -2.32. The van der Waals surface area contributed by atoms with E-state index >= 15 is 0 Å². The first-order valence-electron chi connectivity index (χ1n) is 7.78. The molecule has 1 heterocycles. The van der Waals surface area contributed by atoms with E-state index in [4.69, 9.17) is 0 Å². The van der Waals surface area contributed by atoms with Crippen LogP contribution >= 0.6 is 15.9 Å². The molecule has 20 heavy (non-hydrogen) atoms. The van der Waals surface area contributed by atoms with Gasteiger partial charge in [0.25, 0.3) is 0 Å². The Kier molecular flexibility index (Phi) is 6.74. The van der Waals surface area contributed by atoms with Crippen LogP contribution < -0.4 is 5.32 Å². The third kappa shape index (κ3) is 5.37. The van der Waals surface area contributed by atoms with Crippen molar-refractivity contribution in [2.24, 2.45) is 0 Å². The average Bonchev–Trinajstić information content (AvgIpc) is 2.46. The summed E-state index contributed by atoms with van der Waals surface area (Å²) in [6, 6.07) is 2.72. The van der Waals surface area contributed by atoms with Gasteiger partial charge in [0, 0.05) is 22.9 Å². The van der Waals surface area contributed by atoms with Crippen LogP contribution in [0.2, 0.25) is 0 Å². The first kappa shape index (κ1) is 15.7. The minimum absolute atomic E-state index is 0.537. The molecule has 0 radical (unpaired) electrons. The van der Waals surface area contributed by atoms with Crippen LogP contribution in [-0.2, 0) is 6.42 Å². The minimum atomic E-state index is 0.537. The predicted molar refractivity (Wildman–Crippen MR) is 88.9 cm³/mol. The van der Waals surface area contributed by atoms with Gasteiger partial charge in [-0.2, -0.15) is 0 Å². The normalized spacial score (nSPS) is 16.8. The van der Waals surface area contributed by atoms with Gasteiger partial charge in [-0.15, -0.1) is 0 Å². The molecule has 0 fully saturated rings. The molecule has 0 amide bonds. The molecule has 2 rings (SSSR count). The van der Waals surface area contributed by atoms with Crippen molar-refractivity contribution in [3.05, 3.63) is 40.1 Å². The van der Waals surface area contributed by atoms with E-state index in [1.165, 1.54) is 44.1 Å². The lowest BCUT2D eigenvalue weighted by molar-refractivity contribution is 0.490. The van der Waals surface area contributed by atoms with E-state index in [0.717, 1.165) is 17.4 Å².